The first-order chi connectivity index (χ1) is 9.28. The molecule has 0 aliphatic rings. The zero-order chi connectivity index (χ0) is 15.4. The highest BCUT2D eigenvalue weighted by atomic mass is 28.4. The summed E-state index contributed by atoms with van der Waals surface area (Å²) in [4.78, 5) is 0. The van der Waals surface area contributed by atoms with Gasteiger partial charge < -0.3 is 4.43 Å². The molecule has 0 bridgehead atoms. The highest BCUT2D eigenvalue weighted by Gasteiger charge is 2.46. The van der Waals surface area contributed by atoms with Gasteiger partial charge in [-0.3, -0.25) is 0 Å². The molecule has 0 heterocycles. The van der Waals surface area contributed by atoms with Gasteiger partial charge in [-0.25, -0.2) is 4.39 Å². The van der Waals surface area contributed by atoms with Crippen LogP contribution < -0.4 is 0 Å². The minimum absolute atomic E-state index is 0.0360. The Morgan fingerprint density at radius 3 is 1.80 bits per heavy atom. The van der Waals surface area contributed by atoms with Crippen LogP contribution in [0.3, 0.4) is 0 Å². The summed E-state index contributed by atoms with van der Waals surface area (Å²) < 4.78 is 58.2. The van der Waals surface area contributed by atoms with Gasteiger partial charge in [-0.05, 0) is 35.8 Å². The Balaban J connectivity index is 3.11. The molecule has 0 N–H and O–H groups in total. The maximum atomic E-state index is 13.2. The number of halogens is 4. The van der Waals surface area contributed by atoms with Gasteiger partial charge in [0.05, 0.1) is 0 Å². The van der Waals surface area contributed by atoms with Gasteiger partial charge in [0.15, 0.2) is 14.4 Å². The van der Waals surface area contributed by atoms with E-state index >= 15 is 0 Å². The monoisotopic (exact) mass is 308 g/mol. The summed E-state index contributed by atoms with van der Waals surface area (Å²) in [6, 6.07) is 6.26. The Morgan fingerprint density at radius 2 is 1.45 bits per heavy atom. The van der Waals surface area contributed by atoms with Crippen LogP contribution in [0.5, 0.6) is 0 Å². The van der Waals surface area contributed by atoms with Crippen LogP contribution >= 0.6 is 0 Å². The van der Waals surface area contributed by atoms with E-state index in [2.05, 4.69) is 0 Å². The van der Waals surface area contributed by atoms with E-state index in [0.717, 1.165) is 24.3 Å². The molecule has 0 saturated heterocycles. The minimum Gasteiger partial charge on any atom is -0.402 e. The summed E-state index contributed by atoms with van der Waals surface area (Å²) in [5.74, 6) is -0.556. The lowest BCUT2D eigenvalue weighted by Gasteiger charge is -2.34. The van der Waals surface area contributed by atoms with Gasteiger partial charge in [0.1, 0.15) is 5.82 Å². The number of rotatable bonds is 6. The Morgan fingerprint density at radius 1 is 1.00 bits per heavy atom. The zero-order valence-corrected chi connectivity index (χ0v) is 12.9. The minimum atomic E-state index is -4.49. The lowest BCUT2D eigenvalue weighted by Crippen LogP contribution is -2.41. The SMILES string of the molecule is CC[Si](CC)(CC)OC(c1ccc(F)cc1)C(F)(F)F. The molecule has 0 aliphatic carbocycles. The molecule has 0 saturated carbocycles. The second kappa shape index (κ2) is 6.71. The maximum absolute atomic E-state index is 13.2. The Hall–Kier alpha value is -0.883. The molecule has 1 aromatic carbocycles. The Kier molecular flexibility index (Phi) is 5.76. The second-order valence-electron chi connectivity index (χ2n) is 4.83. The maximum Gasteiger partial charge on any atom is 0.417 e. The standard InChI is InChI=1S/C14H20F4OSi/c1-4-20(5-2,6-3)19-13(14(16,17)18)11-7-9-12(15)10-8-11/h7-10,13H,4-6H2,1-3H3. The average molecular weight is 308 g/mol. The fraction of sp³-hybridized carbons (Fsp3) is 0.571. The molecule has 114 valence electrons. The number of alkyl halides is 3. The van der Waals surface area contributed by atoms with Gasteiger partial charge in [-0.2, -0.15) is 13.2 Å². The van der Waals surface area contributed by atoms with Crippen LogP contribution in [0.4, 0.5) is 17.6 Å². The molecule has 1 unspecified atom stereocenters. The first-order valence-electron chi connectivity index (χ1n) is 6.78. The largest absolute Gasteiger partial charge is 0.417 e. The molecule has 0 fully saturated rings. The molecule has 0 aliphatic heterocycles. The van der Waals surface area contributed by atoms with Gasteiger partial charge in [0.2, 0.25) is 0 Å². The summed E-state index contributed by atoms with van der Waals surface area (Å²) in [5, 5.41) is 0. The average Bonchev–Trinajstić information content (AvgIpc) is 2.41. The van der Waals surface area contributed by atoms with Crippen molar-refractivity contribution in [3.8, 4) is 0 Å². The van der Waals surface area contributed by atoms with E-state index in [1.165, 1.54) is 0 Å². The van der Waals surface area contributed by atoms with Crippen molar-refractivity contribution in [2.45, 2.75) is 51.2 Å². The summed E-state index contributed by atoms with van der Waals surface area (Å²) in [6.45, 7) is 5.62. The molecule has 6 heteroatoms. The molecular formula is C14H20F4OSi. The third-order valence-corrected chi connectivity index (χ3v) is 8.37. The first kappa shape index (κ1) is 17.2. The summed E-state index contributed by atoms with van der Waals surface area (Å²) in [6.07, 6.45) is -6.45. The van der Waals surface area contributed by atoms with Crippen LogP contribution in [-0.4, -0.2) is 14.5 Å². The van der Waals surface area contributed by atoms with Crippen molar-refractivity contribution in [1.82, 2.24) is 0 Å². The van der Waals surface area contributed by atoms with E-state index < -0.39 is 26.4 Å². The zero-order valence-electron chi connectivity index (χ0n) is 11.9. The van der Waals surface area contributed by atoms with E-state index in [4.69, 9.17) is 4.43 Å². The van der Waals surface area contributed by atoms with E-state index in [9.17, 15) is 17.6 Å². The lowest BCUT2D eigenvalue weighted by atomic mass is 10.1. The smallest absolute Gasteiger partial charge is 0.402 e. The van der Waals surface area contributed by atoms with Gasteiger partial charge in [0, 0.05) is 0 Å². The van der Waals surface area contributed by atoms with E-state index in [1.54, 1.807) is 0 Å². The number of benzene rings is 1. The summed E-state index contributed by atoms with van der Waals surface area (Å²) in [7, 11) is -2.40. The molecule has 1 nitrogen and oxygen atoms in total. The molecule has 20 heavy (non-hydrogen) atoms. The Labute approximate surface area is 118 Å². The molecule has 0 amide bonds. The van der Waals surface area contributed by atoms with Gasteiger partial charge in [-0.1, -0.05) is 32.9 Å². The molecule has 1 rings (SSSR count). The molecule has 0 radical (unpaired) electrons. The fourth-order valence-corrected chi connectivity index (χ4v) is 4.98. The van der Waals surface area contributed by atoms with Crippen molar-refractivity contribution in [1.29, 1.82) is 0 Å². The molecule has 1 atom stereocenters. The first-order valence-corrected chi connectivity index (χ1v) is 9.31. The molecular weight excluding hydrogens is 288 g/mol. The van der Waals surface area contributed by atoms with Crippen molar-refractivity contribution in [3.63, 3.8) is 0 Å². The van der Waals surface area contributed by atoms with E-state index in [0.29, 0.717) is 18.1 Å². The van der Waals surface area contributed by atoms with Crippen LogP contribution in [0, 0.1) is 5.82 Å². The van der Waals surface area contributed by atoms with Crippen molar-refractivity contribution in [2.24, 2.45) is 0 Å². The van der Waals surface area contributed by atoms with Crippen molar-refractivity contribution in [2.75, 3.05) is 0 Å². The van der Waals surface area contributed by atoms with Gasteiger partial charge in [0.25, 0.3) is 0 Å². The van der Waals surface area contributed by atoms with Crippen LogP contribution in [0.15, 0.2) is 24.3 Å². The summed E-state index contributed by atoms with van der Waals surface area (Å²) >= 11 is 0. The highest BCUT2D eigenvalue weighted by Crippen LogP contribution is 2.40. The van der Waals surface area contributed by atoms with Gasteiger partial charge in [-0.15, -0.1) is 0 Å². The van der Waals surface area contributed by atoms with Crippen LogP contribution in [0.25, 0.3) is 0 Å². The topological polar surface area (TPSA) is 9.23 Å². The molecule has 0 aromatic heterocycles. The normalized spacial score (nSPS) is 14.3. The van der Waals surface area contributed by atoms with E-state index in [-0.39, 0.29) is 5.56 Å². The third kappa shape index (κ3) is 4.05. The van der Waals surface area contributed by atoms with E-state index in [1.807, 2.05) is 20.8 Å². The van der Waals surface area contributed by atoms with Crippen LogP contribution in [0.1, 0.15) is 32.4 Å². The van der Waals surface area contributed by atoms with Crippen LogP contribution in [-0.2, 0) is 4.43 Å². The van der Waals surface area contributed by atoms with Crippen molar-refractivity contribution >= 4 is 8.32 Å². The predicted molar refractivity (Wildman–Crippen MR) is 73.5 cm³/mol. The summed E-state index contributed by atoms with van der Waals surface area (Å²) in [5.41, 5.74) is -0.0360. The Bertz CT molecular complexity index is 404. The fourth-order valence-electron chi connectivity index (χ4n) is 2.21. The molecule has 0 spiro atoms. The highest BCUT2D eigenvalue weighted by molar-refractivity contribution is 6.73. The molecule has 1 aromatic rings. The third-order valence-electron chi connectivity index (χ3n) is 3.77. The predicted octanol–water partition coefficient (Wildman–Crippen LogP) is 5.45. The lowest BCUT2D eigenvalue weighted by molar-refractivity contribution is -0.201. The van der Waals surface area contributed by atoms with Crippen LogP contribution in [0.2, 0.25) is 18.1 Å². The number of hydrogen-bond donors (Lipinski definition) is 0. The number of hydrogen-bond acceptors (Lipinski definition) is 1. The van der Waals surface area contributed by atoms with Crippen molar-refractivity contribution < 1.29 is 22.0 Å². The van der Waals surface area contributed by atoms with Crippen molar-refractivity contribution in [3.05, 3.63) is 35.6 Å². The van der Waals surface area contributed by atoms with Gasteiger partial charge >= 0.3 is 6.18 Å². The quantitative estimate of drug-likeness (QED) is 0.501. The second-order valence-corrected chi connectivity index (χ2v) is 9.56.